The SMILES string of the molecule is CC1=CC=CC(=O)C12CO2. The van der Waals surface area contributed by atoms with Crippen molar-refractivity contribution in [3.8, 4) is 0 Å². The molecule has 1 saturated heterocycles. The fourth-order valence-electron chi connectivity index (χ4n) is 1.19. The molecule has 1 unspecified atom stereocenters. The van der Waals surface area contributed by atoms with Crippen molar-refractivity contribution in [2.75, 3.05) is 6.61 Å². The monoisotopic (exact) mass is 136 g/mol. The first-order valence-electron chi connectivity index (χ1n) is 3.29. The van der Waals surface area contributed by atoms with Gasteiger partial charge in [-0.25, -0.2) is 0 Å². The van der Waals surface area contributed by atoms with Crippen molar-refractivity contribution in [2.45, 2.75) is 12.5 Å². The van der Waals surface area contributed by atoms with E-state index in [-0.39, 0.29) is 5.78 Å². The molecule has 0 bridgehead atoms. The molecule has 1 heterocycles. The van der Waals surface area contributed by atoms with Crippen LogP contribution in [0, 0.1) is 0 Å². The molecule has 2 rings (SSSR count). The molecule has 10 heavy (non-hydrogen) atoms. The van der Waals surface area contributed by atoms with Crippen LogP contribution in [0.1, 0.15) is 6.92 Å². The van der Waals surface area contributed by atoms with Crippen molar-refractivity contribution in [3.05, 3.63) is 23.8 Å². The fraction of sp³-hybridized carbons (Fsp3) is 0.375. The summed E-state index contributed by atoms with van der Waals surface area (Å²) in [6.07, 6.45) is 5.26. The Morgan fingerprint density at radius 1 is 1.70 bits per heavy atom. The van der Waals surface area contributed by atoms with E-state index in [1.54, 1.807) is 12.2 Å². The quantitative estimate of drug-likeness (QED) is 0.462. The van der Waals surface area contributed by atoms with Crippen molar-refractivity contribution < 1.29 is 9.53 Å². The topological polar surface area (TPSA) is 29.6 Å². The van der Waals surface area contributed by atoms with Crippen molar-refractivity contribution in [1.29, 1.82) is 0 Å². The maximum absolute atomic E-state index is 11.1. The zero-order valence-electron chi connectivity index (χ0n) is 5.76. The molecule has 1 spiro atoms. The highest BCUT2D eigenvalue weighted by atomic mass is 16.6. The second-order valence-corrected chi connectivity index (χ2v) is 2.69. The van der Waals surface area contributed by atoms with Gasteiger partial charge in [-0.2, -0.15) is 0 Å². The standard InChI is InChI=1S/C8H8O2/c1-6-3-2-4-7(9)8(6)5-10-8/h2-4H,5H2,1H3. The molecule has 2 aliphatic rings. The number of carbonyl (C=O) groups excluding carboxylic acids is 1. The van der Waals surface area contributed by atoms with Crippen LogP contribution in [-0.2, 0) is 9.53 Å². The molecule has 2 nitrogen and oxygen atoms in total. The van der Waals surface area contributed by atoms with Crippen molar-refractivity contribution in [2.24, 2.45) is 0 Å². The van der Waals surface area contributed by atoms with Gasteiger partial charge >= 0.3 is 0 Å². The fourth-order valence-corrected chi connectivity index (χ4v) is 1.19. The van der Waals surface area contributed by atoms with Gasteiger partial charge in [0, 0.05) is 0 Å². The second-order valence-electron chi connectivity index (χ2n) is 2.69. The Bertz CT molecular complexity index is 244. The average Bonchev–Trinajstić information content (AvgIpc) is 2.64. The molecule has 0 saturated carbocycles. The first-order valence-corrected chi connectivity index (χ1v) is 3.29. The minimum absolute atomic E-state index is 0.0903. The molecular weight excluding hydrogens is 128 g/mol. The van der Waals surface area contributed by atoms with Gasteiger partial charge in [-0.05, 0) is 18.6 Å². The predicted octanol–water partition coefficient (Wildman–Crippen LogP) is 0.841. The van der Waals surface area contributed by atoms with Gasteiger partial charge in [-0.3, -0.25) is 4.79 Å². The second kappa shape index (κ2) is 1.58. The average molecular weight is 136 g/mol. The molecule has 0 aromatic carbocycles. The zero-order chi connectivity index (χ0) is 7.19. The highest BCUT2D eigenvalue weighted by Crippen LogP contribution is 2.37. The minimum Gasteiger partial charge on any atom is -0.356 e. The van der Waals surface area contributed by atoms with Crippen molar-refractivity contribution in [1.82, 2.24) is 0 Å². The molecule has 0 aromatic rings. The molecule has 0 N–H and O–H groups in total. The van der Waals surface area contributed by atoms with Crippen LogP contribution >= 0.6 is 0 Å². The Labute approximate surface area is 59.2 Å². The van der Waals surface area contributed by atoms with Gasteiger partial charge in [0.2, 0.25) is 0 Å². The highest BCUT2D eigenvalue weighted by molar-refractivity contribution is 6.03. The minimum atomic E-state index is -0.519. The van der Waals surface area contributed by atoms with Gasteiger partial charge in [0.25, 0.3) is 0 Å². The van der Waals surface area contributed by atoms with Crippen molar-refractivity contribution >= 4 is 5.78 Å². The van der Waals surface area contributed by atoms with Crippen LogP contribution in [0.5, 0.6) is 0 Å². The van der Waals surface area contributed by atoms with Gasteiger partial charge in [0.05, 0.1) is 6.61 Å². The number of allylic oxidation sites excluding steroid dienone is 2. The molecule has 0 radical (unpaired) electrons. The van der Waals surface area contributed by atoms with Gasteiger partial charge in [-0.1, -0.05) is 12.2 Å². The Morgan fingerprint density at radius 3 is 2.80 bits per heavy atom. The van der Waals surface area contributed by atoms with Crippen LogP contribution in [0.4, 0.5) is 0 Å². The first kappa shape index (κ1) is 5.86. The van der Waals surface area contributed by atoms with Gasteiger partial charge in [0.1, 0.15) is 0 Å². The smallest absolute Gasteiger partial charge is 0.194 e. The Hall–Kier alpha value is -0.890. The maximum Gasteiger partial charge on any atom is 0.194 e. The van der Waals surface area contributed by atoms with E-state index in [1.807, 2.05) is 13.0 Å². The number of ketones is 1. The number of carbonyl (C=O) groups is 1. The van der Waals surface area contributed by atoms with E-state index in [1.165, 1.54) is 0 Å². The lowest BCUT2D eigenvalue weighted by Crippen LogP contribution is -2.25. The van der Waals surface area contributed by atoms with Crippen LogP contribution in [0.25, 0.3) is 0 Å². The molecule has 1 fully saturated rings. The molecule has 1 aliphatic carbocycles. The number of hydrogen-bond donors (Lipinski definition) is 0. The van der Waals surface area contributed by atoms with Crippen LogP contribution in [0.15, 0.2) is 23.8 Å². The summed E-state index contributed by atoms with van der Waals surface area (Å²) in [6.45, 7) is 2.49. The number of rotatable bonds is 0. The molecule has 0 amide bonds. The largest absolute Gasteiger partial charge is 0.356 e. The zero-order valence-corrected chi connectivity index (χ0v) is 5.76. The summed E-state index contributed by atoms with van der Waals surface area (Å²) in [5, 5.41) is 0. The van der Waals surface area contributed by atoms with Crippen LogP contribution in [0.2, 0.25) is 0 Å². The molecule has 1 atom stereocenters. The lowest BCUT2D eigenvalue weighted by Gasteiger charge is -2.10. The third-order valence-electron chi connectivity index (χ3n) is 2.06. The van der Waals surface area contributed by atoms with E-state index in [0.29, 0.717) is 6.61 Å². The molecular formula is C8H8O2. The normalized spacial score (nSPS) is 36.5. The summed E-state index contributed by atoms with van der Waals surface area (Å²) in [7, 11) is 0. The lowest BCUT2D eigenvalue weighted by molar-refractivity contribution is -0.118. The van der Waals surface area contributed by atoms with Gasteiger partial charge in [0.15, 0.2) is 11.4 Å². The summed E-state index contributed by atoms with van der Waals surface area (Å²) >= 11 is 0. The van der Waals surface area contributed by atoms with Crippen LogP contribution < -0.4 is 0 Å². The van der Waals surface area contributed by atoms with E-state index in [4.69, 9.17) is 4.74 Å². The Morgan fingerprint density at radius 2 is 2.40 bits per heavy atom. The molecule has 1 aliphatic heterocycles. The predicted molar refractivity (Wildman–Crippen MR) is 36.6 cm³/mol. The third-order valence-corrected chi connectivity index (χ3v) is 2.06. The molecule has 0 aromatic heterocycles. The number of epoxide rings is 1. The van der Waals surface area contributed by atoms with E-state index >= 15 is 0 Å². The summed E-state index contributed by atoms with van der Waals surface area (Å²) in [6, 6.07) is 0. The van der Waals surface area contributed by atoms with E-state index in [0.717, 1.165) is 5.57 Å². The number of ether oxygens (including phenoxy) is 1. The summed E-state index contributed by atoms with van der Waals surface area (Å²) in [5.41, 5.74) is 0.509. The molecule has 2 heteroatoms. The summed E-state index contributed by atoms with van der Waals surface area (Å²) < 4.78 is 5.09. The van der Waals surface area contributed by atoms with E-state index in [2.05, 4.69) is 0 Å². The van der Waals surface area contributed by atoms with E-state index < -0.39 is 5.60 Å². The third kappa shape index (κ3) is 0.543. The van der Waals surface area contributed by atoms with Crippen molar-refractivity contribution in [3.63, 3.8) is 0 Å². The summed E-state index contributed by atoms with van der Waals surface area (Å²) in [4.78, 5) is 11.1. The Kier molecular flexibility index (Phi) is 0.926. The lowest BCUT2D eigenvalue weighted by atomic mass is 9.92. The van der Waals surface area contributed by atoms with Crippen LogP contribution in [-0.4, -0.2) is 18.0 Å². The Balaban J connectivity index is 2.42. The van der Waals surface area contributed by atoms with Crippen LogP contribution in [0.3, 0.4) is 0 Å². The highest BCUT2D eigenvalue weighted by Gasteiger charge is 2.52. The van der Waals surface area contributed by atoms with E-state index in [9.17, 15) is 4.79 Å². The van der Waals surface area contributed by atoms with Gasteiger partial charge in [-0.15, -0.1) is 0 Å². The maximum atomic E-state index is 11.1. The molecule has 52 valence electrons. The number of hydrogen-bond acceptors (Lipinski definition) is 2. The first-order chi connectivity index (χ1) is 4.76. The van der Waals surface area contributed by atoms with Gasteiger partial charge < -0.3 is 4.74 Å². The summed E-state index contributed by atoms with van der Waals surface area (Å²) in [5.74, 6) is 0.0903.